The van der Waals surface area contributed by atoms with Crippen molar-refractivity contribution in [3.05, 3.63) is 77.4 Å². The Kier molecular flexibility index (Phi) is 3.13. The van der Waals surface area contributed by atoms with E-state index in [1.807, 2.05) is 42.5 Å². The Morgan fingerprint density at radius 3 is 2.37 bits per heavy atom. The molecule has 3 rings (SSSR count). The fraction of sp³-hybridized carbons (Fsp3) is 0.125. The van der Waals surface area contributed by atoms with Gasteiger partial charge >= 0.3 is 0 Å². The minimum Gasteiger partial charge on any atom is -0.364 e. The quantitative estimate of drug-likeness (QED) is 0.736. The van der Waals surface area contributed by atoms with Crippen molar-refractivity contribution in [2.45, 2.75) is 6.10 Å². The van der Waals surface area contributed by atoms with E-state index in [2.05, 4.69) is 0 Å². The molecule has 0 amide bonds. The lowest BCUT2D eigenvalue weighted by Crippen LogP contribution is -2.17. The number of halogens is 2. The highest BCUT2D eigenvalue weighted by molar-refractivity contribution is 5.72. The van der Waals surface area contributed by atoms with Crippen LogP contribution in [-0.2, 0) is 4.74 Å². The molecule has 0 fully saturated rings. The molecule has 1 nitrogen and oxygen atoms in total. The third kappa shape index (κ3) is 2.17. The SMILES string of the molecule is FC(F)=C1COC(c2ccccc2)c2ccccc21. The van der Waals surface area contributed by atoms with Gasteiger partial charge in [0.1, 0.15) is 6.10 Å². The first-order valence-corrected chi connectivity index (χ1v) is 6.07. The van der Waals surface area contributed by atoms with Crippen LogP contribution in [0, 0.1) is 0 Å². The van der Waals surface area contributed by atoms with E-state index < -0.39 is 6.08 Å². The molecule has 1 aliphatic heterocycles. The Bertz CT molecular complexity index is 616. The van der Waals surface area contributed by atoms with Gasteiger partial charge in [-0.3, -0.25) is 0 Å². The van der Waals surface area contributed by atoms with E-state index >= 15 is 0 Å². The van der Waals surface area contributed by atoms with Crippen molar-refractivity contribution in [2.24, 2.45) is 0 Å². The van der Waals surface area contributed by atoms with Gasteiger partial charge in [0, 0.05) is 0 Å². The molecule has 19 heavy (non-hydrogen) atoms. The molecule has 0 N–H and O–H groups in total. The highest BCUT2D eigenvalue weighted by Gasteiger charge is 2.27. The summed E-state index contributed by atoms with van der Waals surface area (Å²) in [6, 6.07) is 16.8. The Labute approximate surface area is 110 Å². The van der Waals surface area contributed by atoms with Gasteiger partial charge in [0.2, 0.25) is 0 Å². The van der Waals surface area contributed by atoms with Gasteiger partial charge in [-0.25, -0.2) is 0 Å². The molecule has 1 heterocycles. The van der Waals surface area contributed by atoms with Gasteiger partial charge in [0.25, 0.3) is 6.08 Å². The summed E-state index contributed by atoms with van der Waals surface area (Å²) in [7, 11) is 0. The smallest absolute Gasteiger partial charge is 0.276 e. The lowest BCUT2D eigenvalue weighted by atomic mass is 9.91. The maximum absolute atomic E-state index is 12.9. The normalized spacial score (nSPS) is 18.0. The van der Waals surface area contributed by atoms with E-state index in [4.69, 9.17) is 4.74 Å². The van der Waals surface area contributed by atoms with Crippen molar-refractivity contribution in [2.75, 3.05) is 6.61 Å². The number of hydrogen-bond donors (Lipinski definition) is 0. The highest BCUT2D eigenvalue weighted by atomic mass is 19.3. The topological polar surface area (TPSA) is 9.23 Å². The number of ether oxygens (including phenoxy) is 1. The van der Waals surface area contributed by atoms with E-state index in [-0.39, 0.29) is 18.3 Å². The molecule has 2 aromatic carbocycles. The molecular formula is C16H12F2O. The summed E-state index contributed by atoms with van der Waals surface area (Å²) >= 11 is 0. The summed E-state index contributed by atoms with van der Waals surface area (Å²) in [5.41, 5.74) is 2.35. The zero-order valence-corrected chi connectivity index (χ0v) is 10.1. The maximum Gasteiger partial charge on any atom is 0.276 e. The Morgan fingerprint density at radius 2 is 1.63 bits per heavy atom. The van der Waals surface area contributed by atoms with Crippen molar-refractivity contribution >= 4 is 5.57 Å². The average molecular weight is 258 g/mol. The van der Waals surface area contributed by atoms with Crippen LogP contribution in [0.1, 0.15) is 22.8 Å². The summed E-state index contributed by atoms with van der Waals surface area (Å²) in [5.74, 6) is 0. The molecule has 0 aromatic heterocycles. The van der Waals surface area contributed by atoms with Crippen LogP contribution in [0.15, 0.2) is 60.7 Å². The molecule has 1 atom stereocenters. The van der Waals surface area contributed by atoms with Crippen molar-refractivity contribution in [3.8, 4) is 0 Å². The first-order chi connectivity index (χ1) is 9.27. The Morgan fingerprint density at radius 1 is 0.947 bits per heavy atom. The largest absolute Gasteiger partial charge is 0.364 e. The predicted octanol–water partition coefficient (Wildman–Crippen LogP) is 4.41. The molecule has 0 aliphatic carbocycles. The van der Waals surface area contributed by atoms with Crippen LogP contribution in [0.3, 0.4) is 0 Å². The van der Waals surface area contributed by atoms with Crippen LogP contribution in [-0.4, -0.2) is 6.61 Å². The Balaban J connectivity index is 2.12. The van der Waals surface area contributed by atoms with E-state index in [1.54, 1.807) is 12.1 Å². The van der Waals surface area contributed by atoms with Crippen molar-refractivity contribution in [1.82, 2.24) is 0 Å². The van der Waals surface area contributed by atoms with Gasteiger partial charge in [0.15, 0.2) is 0 Å². The predicted molar refractivity (Wildman–Crippen MR) is 69.8 cm³/mol. The standard InChI is InChI=1S/C16H12F2O/c17-16(18)14-10-19-15(11-6-2-1-3-7-11)13-9-5-4-8-12(13)14/h1-9,15H,10H2. The van der Waals surface area contributed by atoms with Crippen molar-refractivity contribution in [3.63, 3.8) is 0 Å². The zero-order chi connectivity index (χ0) is 13.2. The fourth-order valence-electron chi connectivity index (χ4n) is 2.39. The maximum atomic E-state index is 12.9. The summed E-state index contributed by atoms with van der Waals surface area (Å²) < 4.78 is 31.5. The first kappa shape index (κ1) is 12.1. The average Bonchev–Trinajstić information content (AvgIpc) is 2.47. The molecule has 3 heteroatoms. The van der Waals surface area contributed by atoms with Gasteiger partial charge in [0.05, 0.1) is 12.2 Å². The number of fused-ring (bicyclic) bond motifs is 1. The highest BCUT2D eigenvalue weighted by Crippen LogP contribution is 2.38. The second-order valence-corrected chi connectivity index (χ2v) is 4.43. The third-order valence-electron chi connectivity index (χ3n) is 3.29. The molecule has 0 spiro atoms. The van der Waals surface area contributed by atoms with Crippen LogP contribution in [0.25, 0.3) is 5.57 Å². The van der Waals surface area contributed by atoms with Crippen LogP contribution < -0.4 is 0 Å². The van der Waals surface area contributed by atoms with Gasteiger partial charge < -0.3 is 4.74 Å². The summed E-state index contributed by atoms with van der Waals surface area (Å²) in [5, 5.41) is 0. The van der Waals surface area contributed by atoms with Crippen LogP contribution in [0.4, 0.5) is 8.78 Å². The number of benzene rings is 2. The molecule has 0 radical (unpaired) electrons. The van der Waals surface area contributed by atoms with E-state index in [0.29, 0.717) is 5.56 Å². The lowest BCUT2D eigenvalue weighted by molar-refractivity contribution is 0.0994. The van der Waals surface area contributed by atoms with E-state index in [0.717, 1.165) is 11.1 Å². The first-order valence-electron chi connectivity index (χ1n) is 6.07. The minimum absolute atomic E-state index is 0.0113. The molecule has 1 aliphatic rings. The summed E-state index contributed by atoms with van der Waals surface area (Å²) in [6.07, 6.45) is -1.94. The van der Waals surface area contributed by atoms with E-state index in [9.17, 15) is 8.78 Å². The summed E-state index contributed by atoms with van der Waals surface area (Å²) in [4.78, 5) is 0. The van der Waals surface area contributed by atoms with Crippen LogP contribution in [0.5, 0.6) is 0 Å². The van der Waals surface area contributed by atoms with Gasteiger partial charge in [-0.05, 0) is 16.7 Å². The van der Waals surface area contributed by atoms with Crippen molar-refractivity contribution in [1.29, 1.82) is 0 Å². The monoisotopic (exact) mass is 258 g/mol. The second kappa shape index (κ2) is 4.94. The molecule has 96 valence electrons. The molecule has 0 saturated heterocycles. The van der Waals surface area contributed by atoms with Crippen LogP contribution in [0.2, 0.25) is 0 Å². The number of rotatable bonds is 1. The van der Waals surface area contributed by atoms with Gasteiger partial charge in [-0.1, -0.05) is 54.6 Å². The molecular weight excluding hydrogens is 246 g/mol. The minimum atomic E-state index is -1.67. The fourth-order valence-corrected chi connectivity index (χ4v) is 2.39. The zero-order valence-electron chi connectivity index (χ0n) is 10.1. The molecule has 0 bridgehead atoms. The lowest BCUT2D eigenvalue weighted by Gasteiger charge is -2.27. The third-order valence-corrected chi connectivity index (χ3v) is 3.29. The molecule has 0 saturated carbocycles. The van der Waals surface area contributed by atoms with Crippen molar-refractivity contribution < 1.29 is 13.5 Å². The van der Waals surface area contributed by atoms with E-state index in [1.165, 1.54) is 0 Å². The second-order valence-electron chi connectivity index (χ2n) is 4.43. The van der Waals surface area contributed by atoms with Gasteiger partial charge in [-0.2, -0.15) is 8.78 Å². The van der Waals surface area contributed by atoms with Crippen LogP contribution >= 0.6 is 0 Å². The van der Waals surface area contributed by atoms with Gasteiger partial charge in [-0.15, -0.1) is 0 Å². The summed E-state index contributed by atoms with van der Waals surface area (Å²) in [6.45, 7) is -0.0566. The molecule has 2 aromatic rings. The molecule has 1 unspecified atom stereocenters. The number of hydrogen-bond acceptors (Lipinski definition) is 1. The Hall–Kier alpha value is -2.00.